The number of halogens is 1. The van der Waals surface area contributed by atoms with Crippen molar-refractivity contribution >= 4 is 23.0 Å². The fourth-order valence-corrected chi connectivity index (χ4v) is 2.99. The zero-order valence-electron chi connectivity index (χ0n) is 16.1. The van der Waals surface area contributed by atoms with Gasteiger partial charge in [0.1, 0.15) is 6.61 Å². The molecule has 0 saturated carbocycles. The first-order valence-electron chi connectivity index (χ1n) is 9.00. The molecule has 0 bridgehead atoms. The third kappa shape index (κ3) is 5.18. The van der Waals surface area contributed by atoms with Crippen molar-refractivity contribution in [2.75, 3.05) is 12.4 Å². The largest absolute Gasteiger partial charge is 0.493 e. The van der Waals surface area contributed by atoms with Gasteiger partial charge in [-0.2, -0.15) is 0 Å². The number of anilines is 1. The first kappa shape index (κ1) is 20.5. The third-order valence-corrected chi connectivity index (χ3v) is 4.93. The van der Waals surface area contributed by atoms with Crippen LogP contribution in [0.2, 0.25) is 5.02 Å². The minimum absolute atomic E-state index is 0.0538. The minimum atomic E-state index is -0.425. The van der Waals surface area contributed by atoms with E-state index < -0.39 is 4.92 Å². The lowest BCUT2D eigenvalue weighted by molar-refractivity contribution is -0.384. The lowest BCUT2D eigenvalue weighted by Gasteiger charge is -2.14. The van der Waals surface area contributed by atoms with E-state index in [0.717, 1.165) is 27.4 Å². The monoisotopic (exact) mass is 412 g/mol. The van der Waals surface area contributed by atoms with E-state index in [2.05, 4.69) is 5.32 Å². The Morgan fingerprint density at radius 1 is 1.03 bits per heavy atom. The number of nitrogens with one attached hydrogen (secondary N) is 1. The van der Waals surface area contributed by atoms with Crippen LogP contribution in [-0.2, 0) is 13.2 Å². The van der Waals surface area contributed by atoms with Gasteiger partial charge in [0.15, 0.2) is 11.5 Å². The highest BCUT2D eigenvalue weighted by Crippen LogP contribution is 2.30. The molecule has 0 saturated heterocycles. The molecule has 0 radical (unpaired) electrons. The highest BCUT2D eigenvalue weighted by atomic mass is 35.5. The molecule has 0 heterocycles. The number of non-ortho nitro benzene ring substituents is 1. The van der Waals surface area contributed by atoms with Crippen molar-refractivity contribution < 1.29 is 14.4 Å². The van der Waals surface area contributed by atoms with Crippen LogP contribution in [0.15, 0.2) is 60.7 Å². The average molecular weight is 413 g/mol. The van der Waals surface area contributed by atoms with E-state index in [0.29, 0.717) is 18.0 Å². The van der Waals surface area contributed by atoms with Crippen molar-refractivity contribution in [3.8, 4) is 11.5 Å². The number of rotatable bonds is 8. The van der Waals surface area contributed by atoms with Crippen LogP contribution in [0.25, 0.3) is 0 Å². The molecule has 150 valence electrons. The zero-order valence-corrected chi connectivity index (χ0v) is 16.9. The van der Waals surface area contributed by atoms with E-state index in [1.54, 1.807) is 19.2 Å². The van der Waals surface area contributed by atoms with Gasteiger partial charge >= 0.3 is 0 Å². The number of hydrogen-bond donors (Lipinski definition) is 1. The number of ether oxygens (including phenoxy) is 2. The summed E-state index contributed by atoms with van der Waals surface area (Å²) in [6, 6.07) is 17.8. The van der Waals surface area contributed by atoms with Crippen LogP contribution in [0.3, 0.4) is 0 Å². The molecule has 0 unspecified atom stereocenters. The predicted octanol–water partition coefficient (Wildman–Crippen LogP) is 5.76. The standard InChI is InChI=1S/C22H21ClN2O4/c1-15-19(23)4-3-5-20(15)24-13-17-8-11-21(22(12-17)28-2)29-14-16-6-9-18(10-7-16)25(26)27/h3-12,24H,13-14H2,1-2H3. The van der Waals surface area contributed by atoms with Crippen molar-refractivity contribution in [2.24, 2.45) is 0 Å². The molecule has 3 aromatic rings. The lowest BCUT2D eigenvalue weighted by Crippen LogP contribution is -2.03. The highest BCUT2D eigenvalue weighted by molar-refractivity contribution is 6.31. The van der Waals surface area contributed by atoms with Crippen molar-refractivity contribution in [3.63, 3.8) is 0 Å². The third-order valence-electron chi connectivity index (χ3n) is 4.52. The molecule has 0 atom stereocenters. The summed E-state index contributed by atoms with van der Waals surface area (Å²) in [4.78, 5) is 10.3. The number of benzene rings is 3. The van der Waals surface area contributed by atoms with Gasteiger partial charge in [-0.05, 0) is 60.0 Å². The Morgan fingerprint density at radius 2 is 1.76 bits per heavy atom. The van der Waals surface area contributed by atoms with Gasteiger partial charge in [0.25, 0.3) is 5.69 Å². The van der Waals surface area contributed by atoms with Crippen LogP contribution >= 0.6 is 11.6 Å². The fraction of sp³-hybridized carbons (Fsp3) is 0.182. The van der Waals surface area contributed by atoms with Crippen LogP contribution in [0.4, 0.5) is 11.4 Å². The van der Waals surface area contributed by atoms with Gasteiger partial charge < -0.3 is 14.8 Å². The first-order chi connectivity index (χ1) is 14.0. The second-order valence-corrected chi connectivity index (χ2v) is 6.87. The van der Waals surface area contributed by atoms with Crippen LogP contribution in [0.1, 0.15) is 16.7 Å². The molecule has 0 aromatic heterocycles. The molecule has 6 nitrogen and oxygen atoms in total. The second kappa shape index (κ2) is 9.30. The maximum atomic E-state index is 10.7. The van der Waals surface area contributed by atoms with Gasteiger partial charge in [0.2, 0.25) is 0 Å². The van der Waals surface area contributed by atoms with E-state index in [9.17, 15) is 10.1 Å². The molecule has 0 fully saturated rings. The summed E-state index contributed by atoms with van der Waals surface area (Å²) >= 11 is 6.16. The smallest absolute Gasteiger partial charge is 0.269 e. The number of nitro groups is 1. The van der Waals surface area contributed by atoms with Crippen LogP contribution in [-0.4, -0.2) is 12.0 Å². The number of nitrogens with zero attached hydrogens (tertiary/aromatic N) is 1. The van der Waals surface area contributed by atoms with E-state index in [4.69, 9.17) is 21.1 Å². The molecular weight excluding hydrogens is 392 g/mol. The summed E-state index contributed by atoms with van der Waals surface area (Å²) in [7, 11) is 1.59. The van der Waals surface area contributed by atoms with Gasteiger partial charge in [0.05, 0.1) is 12.0 Å². The minimum Gasteiger partial charge on any atom is -0.493 e. The molecule has 3 rings (SSSR count). The molecule has 0 aliphatic heterocycles. The summed E-state index contributed by atoms with van der Waals surface area (Å²) in [5.41, 5.74) is 3.90. The highest BCUT2D eigenvalue weighted by Gasteiger charge is 2.09. The zero-order chi connectivity index (χ0) is 20.8. The molecule has 0 spiro atoms. The number of nitro benzene ring substituents is 1. The molecule has 7 heteroatoms. The van der Waals surface area contributed by atoms with E-state index in [1.807, 2.05) is 43.3 Å². The summed E-state index contributed by atoms with van der Waals surface area (Å²) in [6.07, 6.45) is 0. The summed E-state index contributed by atoms with van der Waals surface area (Å²) in [5, 5.41) is 14.8. The second-order valence-electron chi connectivity index (χ2n) is 6.46. The van der Waals surface area contributed by atoms with E-state index in [-0.39, 0.29) is 12.3 Å². The van der Waals surface area contributed by atoms with E-state index in [1.165, 1.54) is 12.1 Å². The predicted molar refractivity (Wildman–Crippen MR) is 114 cm³/mol. The van der Waals surface area contributed by atoms with Crippen LogP contribution in [0.5, 0.6) is 11.5 Å². The molecule has 0 aliphatic carbocycles. The van der Waals surface area contributed by atoms with Gasteiger partial charge in [0, 0.05) is 29.4 Å². The lowest BCUT2D eigenvalue weighted by atomic mass is 10.1. The topological polar surface area (TPSA) is 73.6 Å². The summed E-state index contributed by atoms with van der Waals surface area (Å²) in [5.74, 6) is 1.22. The molecule has 3 aromatic carbocycles. The Morgan fingerprint density at radius 3 is 2.45 bits per heavy atom. The average Bonchev–Trinajstić information content (AvgIpc) is 2.73. The molecule has 29 heavy (non-hydrogen) atoms. The Bertz CT molecular complexity index is 1010. The molecule has 0 amide bonds. The Kier molecular flexibility index (Phi) is 6.57. The van der Waals surface area contributed by atoms with Gasteiger partial charge in [-0.3, -0.25) is 10.1 Å². The Labute approximate surface area is 174 Å². The Balaban J connectivity index is 1.65. The quantitative estimate of drug-likeness (QED) is 0.376. The van der Waals surface area contributed by atoms with Crippen LogP contribution < -0.4 is 14.8 Å². The SMILES string of the molecule is COc1cc(CNc2cccc(Cl)c2C)ccc1OCc1ccc([N+](=O)[O-])cc1. The van der Waals surface area contributed by atoms with Crippen LogP contribution in [0, 0.1) is 17.0 Å². The normalized spacial score (nSPS) is 10.4. The van der Waals surface area contributed by atoms with Crippen molar-refractivity contribution in [2.45, 2.75) is 20.1 Å². The number of hydrogen-bond acceptors (Lipinski definition) is 5. The summed E-state index contributed by atoms with van der Waals surface area (Å²) < 4.78 is 11.3. The van der Waals surface area contributed by atoms with Gasteiger partial charge in [-0.1, -0.05) is 23.7 Å². The van der Waals surface area contributed by atoms with Gasteiger partial charge in [-0.15, -0.1) is 0 Å². The van der Waals surface area contributed by atoms with Crippen molar-refractivity contribution in [1.29, 1.82) is 0 Å². The maximum Gasteiger partial charge on any atom is 0.269 e. The Hall–Kier alpha value is -3.25. The maximum absolute atomic E-state index is 10.7. The molecule has 1 N–H and O–H groups in total. The first-order valence-corrected chi connectivity index (χ1v) is 9.37. The van der Waals surface area contributed by atoms with Crippen molar-refractivity contribution in [1.82, 2.24) is 0 Å². The van der Waals surface area contributed by atoms with Gasteiger partial charge in [-0.25, -0.2) is 0 Å². The number of methoxy groups -OCH3 is 1. The molecule has 0 aliphatic rings. The van der Waals surface area contributed by atoms with Crippen molar-refractivity contribution in [3.05, 3.63) is 92.5 Å². The van der Waals surface area contributed by atoms with E-state index >= 15 is 0 Å². The fourth-order valence-electron chi connectivity index (χ4n) is 2.81. The molecular formula is C22H21ClN2O4. The summed E-state index contributed by atoms with van der Waals surface area (Å²) in [6.45, 7) is 2.87.